The highest BCUT2D eigenvalue weighted by atomic mass is 16.5. The quantitative estimate of drug-likeness (QED) is 0.236. The van der Waals surface area contributed by atoms with Crippen LogP contribution in [0.3, 0.4) is 0 Å². The highest BCUT2D eigenvalue weighted by Gasteiger charge is 2.22. The van der Waals surface area contributed by atoms with Crippen LogP contribution in [-0.2, 0) is 0 Å². The maximum atomic E-state index is 12.6. The summed E-state index contributed by atoms with van der Waals surface area (Å²) >= 11 is 0. The number of nitrogens with two attached hydrogens (primary N) is 1. The fourth-order valence-corrected chi connectivity index (χ4v) is 3.29. The maximum Gasteiger partial charge on any atom is 0.349 e. The van der Waals surface area contributed by atoms with Gasteiger partial charge in [-0.15, -0.1) is 10.2 Å². The predicted octanol–water partition coefficient (Wildman–Crippen LogP) is 1.85. The van der Waals surface area contributed by atoms with Crippen molar-refractivity contribution < 1.29 is 9.47 Å². The Morgan fingerprint density at radius 1 is 1.12 bits per heavy atom. The van der Waals surface area contributed by atoms with E-state index in [9.17, 15) is 4.79 Å². The third-order valence-electron chi connectivity index (χ3n) is 4.93. The third kappa shape index (κ3) is 4.51. The molecule has 0 saturated heterocycles. The van der Waals surface area contributed by atoms with Crippen LogP contribution in [0, 0.1) is 5.41 Å². The second kappa shape index (κ2) is 9.22. The molecule has 33 heavy (non-hydrogen) atoms. The Morgan fingerprint density at radius 2 is 1.88 bits per heavy atom. The second-order valence-corrected chi connectivity index (χ2v) is 6.99. The summed E-state index contributed by atoms with van der Waals surface area (Å²) in [4.78, 5) is 15.4. The molecule has 0 amide bonds. The lowest BCUT2D eigenvalue weighted by Crippen LogP contribution is -2.17. The molecular formula is C22H22N8O3. The minimum atomic E-state index is -0.557. The van der Waals surface area contributed by atoms with Crippen molar-refractivity contribution in [3.05, 3.63) is 88.2 Å². The zero-order chi connectivity index (χ0) is 23.4. The van der Waals surface area contributed by atoms with Crippen molar-refractivity contribution in [1.82, 2.24) is 25.0 Å². The number of aromatic nitrogens is 5. The Labute approximate surface area is 188 Å². The van der Waals surface area contributed by atoms with Crippen LogP contribution in [0.5, 0.6) is 11.5 Å². The van der Waals surface area contributed by atoms with Gasteiger partial charge in [-0.05, 0) is 54.1 Å². The molecule has 0 spiro atoms. The maximum absolute atomic E-state index is 12.6. The highest BCUT2D eigenvalue weighted by molar-refractivity contribution is 5.95. The van der Waals surface area contributed by atoms with Crippen LogP contribution in [0.1, 0.15) is 23.0 Å². The van der Waals surface area contributed by atoms with Crippen LogP contribution in [0.15, 0.2) is 65.6 Å². The average Bonchev–Trinajstić information content (AvgIpc) is 3.24. The molecule has 11 nitrogen and oxygen atoms in total. The molecule has 168 valence electrons. The Kier molecular flexibility index (Phi) is 6.02. The van der Waals surface area contributed by atoms with E-state index < -0.39 is 11.7 Å². The molecule has 2 heterocycles. The molecule has 1 atom stereocenters. The normalized spacial score (nSPS) is 11.6. The number of amidine groups is 1. The van der Waals surface area contributed by atoms with Crippen LogP contribution in [0.25, 0.3) is 5.82 Å². The number of rotatable bonds is 8. The standard InChI is InChI=1S/C22H22N8O3/c1-32-16-10-7-14(12-17(16)33-2)19(26-15-8-5-13(6-9-15)20(23)24)21-27-22(31)30(29-21)18-4-3-11-25-28-18/h3-12,19,26H,1-2H3,(H3,23,24)(H,27,29,31). The Hall–Kier alpha value is -4.67. The summed E-state index contributed by atoms with van der Waals surface area (Å²) in [7, 11) is 3.11. The number of nitrogen functional groups attached to an aromatic ring is 1. The molecule has 5 N–H and O–H groups in total. The summed E-state index contributed by atoms with van der Waals surface area (Å²) in [5.74, 6) is 1.73. The van der Waals surface area contributed by atoms with Gasteiger partial charge < -0.3 is 20.5 Å². The second-order valence-electron chi connectivity index (χ2n) is 6.99. The Morgan fingerprint density at radius 3 is 2.52 bits per heavy atom. The summed E-state index contributed by atoms with van der Waals surface area (Å²) in [5, 5.41) is 23.2. The van der Waals surface area contributed by atoms with Crippen LogP contribution in [0.4, 0.5) is 5.69 Å². The smallest absolute Gasteiger partial charge is 0.349 e. The van der Waals surface area contributed by atoms with Gasteiger partial charge in [-0.2, -0.15) is 9.78 Å². The van der Waals surface area contributed by atoms with E-state index in [2.05, 4.69) is 25.6 Å². The topological polar surface area (TPSA) is 157 Å². The van der Waals surface area contributed by atoms with Crippen molar-refractivity contribution in [3.63, 3.8) is 0 Å². The zero-order valence-corrected chi connectivity index (χ0v) is 17.9. The van der Waals surface area contributed by atoms with Gasteiger partial charge in [-0.3, -0.25) is 10.4 Å². The van der Waals surface area contributed by atoms with Gasteiger partial charge in [0.1, 0.15) is 11.9 Å². The number of nitrogens with zero attached hydrogens (tertiary/aromatic N) is 4. The molecule has 2 aromatic carbocycles. The average molecular weight is 446 g/mol. The first-order valence-electron chi connectivity index (χ1n) is 9.90. The molecule has 4 aromatic rings. The lowest BCUT2D eigenvalue weighted by molar-refractivity contribution is 0.354. The van der Waals surface area contributed by atoms with E-state index in [4.69, 9.17) is 20.6 Å². The summed E-state index contributed by atoms with van der Waals surface area (Å²) in [6.45, 7) is 0. The van der Waals surface area contributed by atoms with E-state index in [0.29, 0.717) is 28.7 Å². The molecule has 0 aliphatic rings. The van der Waals surface area contributed by atoms with Crippen LogP contribution in [0.2, 0.25) is 0 Å². The summed E-state index contributed by atoms with van der Waals surface area (Å²) in [6.07, 6.45) is 1.51. The summed E-state index contributed by atoms with van der Waals surface area (Å²) in [6, 6.07) is 15.2. The molecule has 0 bridgehead atoms. The molecule has 0 radical (unpaired) electrons. The summed E-state index contributed by atoms with van der Waals surface area (Å²) in [5.41, 5.74) is 7.20. The van der Waals surface area contributed by atoms with Gasteiger partial charge in [0.25, 0.3) is 0 Å². The van der Waals surface area contributed by atoms with Gasteiger partial charge in [-0.25, -0.2) is 4.79 Å². The molecular weight excluding hydrogens is 424 g/mol. The molecule has 1 unspecified atom stereocenters. The lowest BCUT2D eigenvalue weighted by Gasteiger charge is -2.20. The van der Waals surface area contributed by atoms with Gasteiger partial charge in [0.15, 0.2) is 23.1 Å². The fraction of sp³-hybridized carbons (Fsp3) is 0.136. The number of nitrogens with one attached hydrogen (secondary N) is 3. The van der Waals surface area contributed by atoms with Crippen LogP contribution in [-0.4, -0.2) is 45.0 Å². The lowest BCUT2D eigenvalue weighted by atomic mass is 10.0. The molecule has 0 aliphatic heterocycles. The molecule has 0 fully saturated rings. The number of methoxy groups -OCH3 is 2. The third-order valence-corrected chi connectivity index (χ3v) is 4.93. The van der Waals surface area contributed by atoms with Crippen LogP contribution >= 0.6 is 0 Å². The van der Waals surface area contributed by atoms with Gasteiger partial charge in [-0.1, -0.05) is 6.07 Å². The van der Waals surface area contributed by atoms with E-state index in [1.54, 1.807) is 62.8 Å². The molecule has 0 saturated carbocycles. The minimum absolute atomic E-state index is 0.0231. The molecule has 2 aromatic heterocycles. The van der Waals surface area contributed by atoms with Gasteiger partial charge in [0.05, 0.1) is 14.2 Å². The van der Waals surface area contributed by atoms with E-state index in [1.165, 1.54) is 6.20 Å². The minimum Gasteiger partial charge on any atom is -0.493 e. The first-order valence-corrected chi connectivity index (χ1v) is 9.90. The molecule has 11 heteroatoms. The van der Waals surface area contributed by atoms with E-state index >= 15 is 0 Å². The summed E-state index contributed by atoms with van der Waals surface area (Å²) < 4.78 is 11.9. The van der Waals surface area contributed by atoms with Crippen molar-refractivity contribution in [2.45, 2.75) is 6.04 Å². The number of hydrogen-bond donors (Lipinski definition) is 4. The highest BCUT2D eigenvalue weighted by Crippen LogP contribution is 2.33. The number of aromatic amines is 1. The van der Waals surface area contributed by atoms with Crippen molar-refractivity contribution in [3.8, 4) is 17.3 Å². The number of ether oxygens (including phenoxy) is 2. The van der Waals surface area contributed by atoms with Gasteiger partial charge in [0.2, 0.25) is 0 Å². The van der Waals surface area contributed by atoms with E-state index in [-0.39, 0.29) is 5.84 Å². The Bertz CT molecular complexity index is 1320. The fourth-order valence-electron chi connectivity index (χ4n) is 3.29. The number of benzene rings is 2. The van der Waals surface area contributed by atoms with Crippen molar-refractivity contribution in [2.75, 3.05) is 19.5 Å². The predicted molar refractivity (Wildman–Crippen MR) is 122 cm³/mol. The van der Waals surface area contributed by atoms with Crippen molar-refractivity contribution >= 4 is 11.5 Å². The zero-order valence-electron chi connectivity index (χ0n) is 17.9. The van der Waals surface area contributed by atoms with Gasteiger partial charge >= 0.3 is 5.69 Å². The van der Waals surface area contributed by atoms with Gasteiger partial charge in [0, 0.05) is 17.4 Å². The largest absolute Gasteiger partial charge is 0.493 e. The monoisotopic (exact) mass is 446 g/mol. The Balaban J connectivity index is 1.78. The van der Waals surface area contributed by atoms with Crippen LogP contribution < -0.4 is 26.2 Å². The first-order chi connectivity index (χ1) is 16.0. The number of H-pyrrole nitrogens is 1. The molecule has 4 rings (SSSR count). The van der Waals surface area contributed by atoms with Crippen molar-refractivity contribution in [2.24, 2.45) is 5.73 Å². The van der Waals surface area contributed by atoms with E-state index in [0.717, 1.165) is 15.9 Å². The van der Waals surface area contributed by atoms with E-state index in [1.807, 2.05) is 6.07 Å². The SMILES string of the molecule is COc1ccc(C(Nc2ccc(C(=N)N)cc2)c2nn(-c3cccnn3)c(=O)[nH]2)cc1OC. The first kappa shape index (κ1) is 21.6. The number of hydrogen-bond acceptors (Lipinski definition) is 8. The number of anilines is 1. The van der Waals surface area contributed by atoms with Crippen molar-refractivity contribution in [1.29, 1.82) is 5.41 Å². The molecule has 0 aliphatic carbocycles.